The maximum absolute atomic E-state index is 11.6. The van der Waals surface area contributed by atoms with Gasteiger partial charge in [0.2, 0.25) is 0 Å². The van der Waals surface area contributed by atoms with Crippen LogP contribution in [0, 0.1) is 0 Å². The van der Waals surface area contributed by atoms with Gasteiger partial charge in [-0.1, -0.05) is 27.5 Å². The van der Waals surface area contributed by atoms with Crippen molar-refractivity contribution >= 4 is 47.3 Å². The fraction of sp³-hybridized carbons (Fsp3) is 0.500. The molecule has 1 aromatic rings. The van der Waals surface area contributed by atoms with Crippen LogP contribution in [0.2, 0.25) is 5.02 Å². The van der Waals surface area contributed by atoms with Crippen LogP contribution in [0.3, 0.4) is 0 Å². The quantitative estimate of drug-likeness (QED) is 0.707. The fourth-order valence-electron chi connectivity index (χ4n) is 2.14. The Balaban J connectivity index is 2.13. The average Bonchev–Trinajstić information content (AvgIpc) is 2.83. The molecule has 0 saturated carbocycles. The van der Waals surface area contributed by atoms with Gasteiger partial charge in [-0.05, 0) is 38.1 Å². The molecule has 0 N–H and O–H groups in total. The van der Waals surface area contributed by atoms with E-state index in [1.807, 2.05) is 0 Å². The van der Waals surface area contributed by atoms with Crippen molar-refractivity contribution in [2.45, 2.75) is 17.7 Å². The van der Waals surface area contributed by atoms with E-state index < -0.39 is 9.05 Å². The minimum absolute atomic E-state index is 0.111. The second-order valence-corrected chi connectivity index (χ2v) is 8.41. The Morgan fingerprint density at radius 2 is 1.95 bits per heavy atom. The van der Waals surface area contributed by atoms with Crippen molar-refractivity contribution in [1.29, 1.82) is 0 Å². The van der Waals surface area contributed by atoms with Crippen LogP contribution in [0.1, 0.15) is 12.8 Å². The average molecular weight is 403 g/mol. The molecule has 1 fully saturated rings. The van der Waals surface area contributed by atoms with Gasteiger partial charge in [0.05, 0.1) is 5.02 Å². The minimum Gasteiger partial charge on any atom is -0.489 e. The normalized spacial score (nSPS) is 16.6. The minimum atomic E-state index is -3.91. The van der Waals surface area contributed by atoms with Gasteiger partial charge in [-0.15, -0.1) is 0 Å². The first-order chi connectivity index (χ1) is 9.38. The Hall–Kier alpha value is -0.0100. The van der Waals surface area contributed by atoms with Gasteiger partial charge in [0, 0.05) is 21.7 Å². The van der Waals surface area contributed by atoms with Crippen LogP contribution in [-0.2, 0) is 9.05 Å². The standard InChI is InChI=1S/C12H14BrCl2NO3S/c13-9-7-10(14)12(11(8-9)20(15,17)18)19-6-5-16-3-1-2-4-16/h7-8H,1-6H2. The summed E-state index contributed by atoms with van der Waals surface area (Å²) in [5, 5.41) is 0.222. The molecule has 4 nitrogen and oxygen atoms in total. The first-order valence-electron chi connectivity index (χ1n) is 6.17. The van der Waals surface area contributed by atoms with Crippen molar-refractivity contribution in [2.75, 3.05) is 26.2 Å². The Labute approximate surface area is 136 Å². The van der Waals surface area contributed by atoms with E-state index in [9.17, 15) is 8.42 Å². The molecule has 0 radical (unpaired) electrons. The zero-order valence-corrected chi connectivity index (χ0v) is 14.5. The number of likely N-dealkylation sites (tertiary alicyclic amines) is 1. The molecule has 1 aromatic carbocycles. The third-order valence-corrected chi connectivity index (χ3v) is 5.16. The molecular weight excluding hydrogens is 389 g/mol. The Morgan fingerprint density at radius 3 is 2.55 bits per heavy atom. The summed E-state index contributed by atoms with van der Waals surface area (Å²) in [4.78, 5) is 2.15. The summed E-state index contributed by atoms with van der Waals surface area (Å²) in [6.45, 7) is 3.23. The summed E-state index contributed by atoms with van der Waals surface area (Å²) in [6, 6.07) is 2.97. The number of benzene rings is 1. The number of nitrogens with zero attached hydrogens (tertiary/aromatic N) is 1. The lowest BCUT2D eigenvalue weighted by Gasteiger charge is -2.16. The molecule has 0 bridgehead atoms. The van der Waals surface area contributed by atoms with Crippen molar-refractivity contribution in [3.63, 3.8) is 0 Å². The van der Waals surface area contributed by atoms with Gasteiger partial charge in [-0.3, -0.25) is 4.90 Å². The van der Waals surface area contributed by atoms with Gasteiger partial charge in [0.1, 0.15) is 11.5 Å². The largest absolute Gasteiger partial charge is 0.489 e. The van der Waals surface area contributed by atoms with Gasteiger partial charge in [0.15, 0.2) is 5.75 Å². The van der Waals surface area contributed by atoms with Crippen LogP contribution in [0.15, 0.2) is 21.5 Å². The van der Waals surface area contributed by atoms with Crippen molar-refractivity contribution in [3.05, 3.63) is 21.6 Å². The van der Waals surface area contributed by atoms with E-state index in [-0.39, 0.29) is 15.7 Å². The third kappa shape index (κ3) is 4.24. The molecule has 1 saturated heterocycles. The SMILES string of the molecule is O=S(=O)(Cl)c1cc(Br)cc(Cl)c1OCCN1CCCC1. The maximum atomic E-state index is 11.6. The van der Waals surface area contributed by atoms with Gasteiger partial charge < -0.3 is 4.74 Å². The molecule has 0 amide bonds. The number of halogens is 3. The van der Waals surface area contributed by atoms with Crippen molar-refractivity contribution in [3.8, 4) is 5.75 Å². The van der Waals surface area contributed by atoms with Gasteiger partial charge in [0.25, 0.3) is 9.05 Å². The van der Waals surface area contributed by atoms with Crippen LogP contribution in [0.4, 0.5) is 0 Å². The Kier molecular flexibility index (Phi) is 5.59. The van der Waals surface area contributed by atoms with Gasteiger partial charge in [-0.2, -0.15) is 0 Å². The molecule has 0 unspecified atom stereocenters. The summed E-state index contributed by atoms with van der Waals surface area (Å²) < 4.78 is 29.2. The predicted octanol–water partition coefficient (Wildman–Crippen LogP) is 3.50. The van der Waals surface area contributed by atoms with Crippen LogP contribution in [-0.4, -0.2) is 39.6 Å². The van der Waals surface area contributed by atoms with Crippen LogP contribution in [0.25, 0.3) is 0 Å². The third-order valence-electron chi connectivity index (χ3n) is 3.09. The van der Waals surface area contributed by atoms with E-state index in [0.29, 0.717) is 11.1 Å². The number of rotatable bonds is 5. The van der Waals surface area contributed by atoms with Crippen LogP contribution < -0.4 is 4.74 Å². The van der Waals surface area contributed by atoms with E-state index in [0.717, 1.165) is 19.6 Å². The van der Waals surface area contributed by atoms with Crippen molar-refractivity contribution in [2.24, 2.45) is 0 Å². The highest BCUT2D eigenvalue weighted by molar-refractivity contribution is 9.10. The lowest BCUT2D eigenvalue weighted by Crippen LogP contribution is -2.25. The van der Waals surface area contributed by atoms with E-state index in [4.69, 9.17) is 27.0 Å². The summed E-state index contributed by atoms with van der Waals surface area (Å²) in [7, 11) is 1.51. The second kappa shape index (κ2) is 6.83. The molecule has 1 aliphatic heterocycles. The molecule has 2 rings (SSSR count). The number of hydrogen-bond acceptors (Lipinski definition) is 4. The van der Waals surface area contributed by atoms with E-state index >= 15 is 0 Å². The Morgan fingerprint density at radius 1 is 1.30 bits per heavy atom. The number of hydrogen-bond donors (Lipinski definition) is 0. The fourth-order valence-corrected chi connectivity index (χ4v) is 4.21. The Bertz CT molecular complexity index is 589. The molecule has 1 aliphatic rings. The molecule has 1 heterocycles. The van der Waals surface area contributed by atoms with Crippen LogP contribution in [0.5, 0.6) is 5.75 Å². The molecule has 0 atom stereocenters. The van der Waals surface area contributed by atoms with Crippen LogP contribution >= 0.6 is 38.2 Å². The summed E-state index contributed by atoms with van der Waals surface area (Å²) >= 11 is 9.23. The first kappa shape index (κ1) is 16.4. The highest BCUT2D eigenvalue weighted by atomic mass is 79.9. The molecule has 0 aromatic heterocycles. The lowest BCUT2D eigenvalue weighted by molar-refractivity contribution is 0.234. The molecular formula is C12H14BrCl2NO3S. The highest BCUT2D eigenvalue weighted by Crippen LogP contribution is 2.37. The van der Waals surface area contributed by atoms with Gasteiger partial charge in [-0.25, -0.2) is 8.42 Å². The smallest absolute Gasteiger partial charge is 0.265 e. The summed E-state index contributed by atoms with van der Waals surface area (Å²) in [5.74, 6) is 0.115. The van der Waals surface area contributed by atoms with Crippen molar-refractivity contribution < 1.29 is 13.2 Å². The summed E-state index contributed by atoms with van der Waals surface area (Å²) in [6.07, 6.45) is 2.39. The summed E-state index contributed by atoms with van der Waals surface area (Å²) in [5.41, 5.74) is 0. The molecule has 0 spiro atoms. The predicted molar refractivity (Wildman–Crippen MR) is 83.4 cm³/mol. The topological polar surface area (TPSA) is 46.6 Å². The van der Waals surface area contributed by atoms with Gasteiger partial charge >= 0.3 is 0 Å². The zero-order valence-electron chi connectivity index (χ0n) is 10.6. The molecule has 0 aliphatic carbocycles. The first-order valence-corrected chi connectivity index (χ1v) is 9.65. The van der Waals surface area contributed by atoms with E-state index in [1.54, 1.807) is 6.07 Å². The molecule has 112 valence electrons. The maximum Gasteiger partial charge on any atom is 0.265 e. The zero-order chi connectivity index (χ0) is 14.8. The van der Waals surface area contributed by atoms with E-state index in [2.05, 4.69) is 20.8 Å². The second-order valence-electron chi connectivity index (χ2n) is 4.55. The van der Waals surface area contributed by atoms with E-state index in [1.165, 1.54) is 18.9 Å². The monoisotopic (exact) mass is 401 g/mol. The highest BCUT2D eigenvalue weighted by Gasteiger charge is 2.21. The molecule has 20 heavy (non-hydrogen) atoms. The lowest BCUT2D eigenvalue weighted by atomic mass is 10.3. The van der Waals surface area contributed by atoms with Crippen molar-refractivity contribution in [1.82, 2.24) is 4.90 Å². The number of ether oxygens (including phenoxy) is 1. The molecule has 8 heteroatoms.